The topological polar surface area (TPSA) is 90.0 Å². The van der Waals surface area contributed by atoms with Crippen molar-refractivity contribution in [3.8, 4) is 0 Å². The summed E-state index contributed by atoms with van der Waals surface area (Å²) in [5.74, 6) is 0.442. The summed E-state index contributed by atoms with van der Waals surface area (Å²) >= 11 is 0. The highest BCUT2D eigenvalue weighted by atomic mass is 32.2. The Morgan fingerprint density at radius 1 is 1.56 bits per heavy atom. The third-order valence-corrected chi connectivity index (χ3v) is 5.04. The van der Waals surface area contributed by atoms with E-state index in [9.17, 15) is 8.42 Å². The molecule has 2 atom stereocenters. The van der Waals surface area contributed by atoms with Crippen molar-refractivity contribution in [3.63, 3.8) is 0 Å². The molecule has 18 heavy (non-hydrogen) atoms. The van der Waals surface area contributed by atoms with E-state index in [1.54, 1.807) is 0 Å². The molecule has 7 heteroatoms. The maximum atomic E-state index is 12.2. The lowest BCUT2D eigenvalue weighted by Crippen LogP contribution is -2.36. The van der Waals surface area contributed by atoms with Gasteiger partial charge in [0.25, 0.3) is 0 Å². The van der Waals surface area contributed by atoms with Crippen LogP contribution in [0.1, 0.15) is 33.1 Å². The largest absolute Gasteiger partial charge is 0.381 e. The van der Waals surface area contributed by atoms with E-state index in [1.807, 2.05) is 6.92 Å². The summed E-state index contributed by atoms with van der Waals surface area (Å²) in [5.41, 5.74) is 5.66. The van der Waals surface area contributed by atoms with Crippen molar-refractivity contribution in [2.45, 2.75) is 50.6 Å². The minimum absolute atomic E-state index is 0.0133. The number of nitrogens with two attached hydrogens (primary N) is 1. The number of hydrogen-bond acceptors (Lipinski definition) is 4. The number of aromatic nitrogens is 2. The van der Waals surface area contributed by atoms with Crippen LogP contribution >= 0.6 is 0 Å². The highest BCUT2D eigenvalue weighted by Gasteiger charge is 2.30. The third-order valence-electron chi connectivity index (χ3n) is 3.54. The van der Waals surface area contributed by atoms with Gasteiger partial charge in [-0.25, -0.2) is 13.1 Å². The van der Waals surface area contributed by atoms with E-state index in [-0.39, 0.29) is 16.8 Å². The average Bonchev–Trinajstić information content (AvgIpc) is 2.86. The molecule has 1 heterocycles. The molecule has 1 saturated carbocycles. The monoisotopic (exact) mass is 272 g/mol. The predicted octanol–water partition coefficient (Wildman–Crippen LogP) is 0.952. The van der Waals surface area contributed by atoms with Crippen LogP contribution in [0.4, 0.5) is 5.82 Å². The van der Waals surface area contributed by atoms with Crippen LogP contribution < -0.4 is 10.5 Å². The van der Waals surface area contributed by atoms with Crippen molar-refractivity contribution >= 4 is 15.8 Å². The van der Waals surface area contributed by atoms with Crippen LogP contribution in [-0.4, -0.2) is 24.2 Å². The van der Waals surface area contributed by atoms with Crippen molar-refractivity contribution in [1.29, 1.82) is 0 Å². The SMILES string of the molecule is CCn1cc(S(=O)(=O)NC2CCCC2C)c(N)n1. The van der Waals surface area contributed by atoms with Crippen molar-refractivity contribution < 1.29 is 8.42 Å². The number of hydrogen-bond donors (Lipinski definition) is 2. The number of rotatable bonds is 4. The van der Waals surface area contributed by atoms with Gasteiger partial charge >= 0.3 is 0 Å². The van der Waals surface area contributed by atoms with Crippen LogP contribution in [0, 0.1) is 5.92 Å². The Bertz CT molecular complexity index is 523. The fraction of sp³-hybridized carbons (Fsp3) is 0.727. The van der Waals surface area contributed by atoms with E-state index in [4.69, 9.17) is 5.73 Å². The van der Waals surface area contributed by atoms with Gasteiger partial charge in [0.1, 0.15) is 4.90 Å². The van der Waals surface area contributed by atoms with Crippen molar-refractivity contribution in [1.82, 2.24) is 14.5 Å². The second-order valence-corrected chi connectivity index (χ2v) is 6.55. The van der Waals surface area contributed by atoms with Crippen LogP contribution in [0.3, 0.4) is 0 Å². The molecule has 0 saturated heterocycles. The molecule has 0 aromatic carbocycles. The third kappa shape index (κ3) is 2.51. The summed E-state index contributed by atoms with van der Waals surface area (Å²) in [5, 5.41) is 3.96. The van der Waals surface area contributed by atoms with Gasteiger partial charge < -0.3 is 5.73 Å². The molecule has 2 unspecified atom stereocenters. The first-order valence-corrected chi connectivity index (χ1v) is 7.77. The Morgan fingerprint density at radius 2 is 2.28 bits per heavy atom. The smallest absolute Gasteiger partial charge is 0.246 e. The molecule has 1 fully saturated rings. The molecule has 0 spiro atoms. The Hall–Kier alpha value is -1.08. The van der Waals surface area contributed by atoms with Crippen molar-refractivity contribution in [3.05, 3.63) is 6.20 Å². The number of nitrogens with one attached hydrogen (secondary N) is 1. The van der Waals surface area contributed by atoms with E-state index in [0.717, 1.165) is 19.3 Å². The fourth-order valence-corrected chi connectivity index (χ4v) is 3.82. The number of nitrogen functional groups attached to an aromatic ring is 1. The summed E-state index contributed by atoms with van der Waals surface area (Å²) in [6.45, 7) is 4.55. The lowest BCUT2D eigenvalue weighted by Gasteiger charge is -2.16. The molecule has 6 nitrogen and oxygen atoms in total. The minimum atomic E-state index is -3.55. The molecule has 1 aromatic rings. The minimum Gasteiger partial charge on any atom is -0.381 e. The zero-order valence-electron chi connectivity index (χ0n) is 10.8. The molecule has 1 aliphatic rings. The van der Waals surface area contributed by atoms with Crippen LogP contribution in [0.5, 0.6) is 0 Å². The molecule has 0 amide bonds. The average molecular weight is 272 g/mol. The molecule has 0 radical (unpaired) electrons. The fourth-order valence-electron chi connectivity index (χ4n) is 2.37. The quantitative estimate of drug-likeness (QED) is 0.854. The van der Waals surface area contributed by atoms with E-state index in [0.29, 0.717) is 12.5 Å². The maximum absolute atomic E-state index is 12.2. The van der Waals surface area contributed by atoms with E-state index in [2.05, 4.69) is 16.7 Å². The molecule has 0 aliphatic heterocycles. The first-order chi connectivity index (χ1) is 8.44. The van der Waals surface area contributed by atoms with Crippen LogP contribution in [0.25, 0.3) is 0 Å². The summed E-state index contributed by atoms with van der Waals surface area (Å²) in [6.07, 6.45) is 4.51. The summed E-state index contributed by atoms with van der Waals surface area (Å²) in [7, 11) is -3.55. The molecule has 1 aliphatic carbocycles. The van der Waals surface area contributed by atoms with Gasteiger partial charge in [-0.3, -0.25) is 4.68 Å². The number of aryl methyl sites for hydroxylation is 1. The molecule has 3 N–H and O–H groups in total. The lowest BCUT2D eigenvalue weighted by molar-refractivity contribution is 0.476. The Labute approximate surface area is 108 Å². The molecular formula is C11H20N4O2S. The molecule has 1 aromatic heterocycles. The van der Waals surface area contributed by atoms with Gasteiger partial charge in [0.15, 0.2) is 5.82 Å². The van der Waals surface area contributed by atoms with Gasteiger partial charge in [-0.05, 0) is 25.7 Å². The van der Waals surface area contributed by atoms with Crippen molar-refractivity contribution in [2.75, 3.05) is 5.73 Å². The van der Waals surface area contributed by atoms with E-state index < -0.39 is 10.0 Å². The van der Waals surface area contributed by atoms with Gasteiger partial charge in [-0.1, -0.05) is 13.3 Å². The summed E-state index contributed by atoms with van der Waals surface area (Å²) in [6, 6.07) is 0.0133. The van der Waals surface area contributed by atoms with Gasteiger partial charge in [-0.15, -0.1) is 0 Å². The highest BCUT2D eigenvalue weighted by Crippen LogP contribution is 2.27. The molecule has 2 rings (SSSR count). The standard InChI is InChI=1S/C11H20N4O2S/c1-3-15-7-10(11(12)13-15)18(16,17)14-9-6-4-5-8(9)2/h7-9,14H,3-6H2,1-2H3,(H2,12,13). The van der Waals surface area contributed by atoms with E-state index in [1.165, 1.54) is 10.9 Å². The van der Waals surface area contributed by atoms with Crippen LogP contribution in [0.2, 0.25) is 0 Å². The number of nitrogens with zero attached hydrogens (tertiary/aromatic N) is 2. The molecular weight excluding hydrogens is 252 g/mol. The number of sulfonamides is 1. The van der Waals surface area contributed by atoms with Crippen LogP contribution in [-0.2, 0) is 16.6 Å². The second kappa shape index (κ2) is 4.89. The zero-order valence-corrected chi connectivity index (χ0v) is 11.6. The first kappa shape index (κ1) is 13.4. The second-order valence-electron chi connectivity index (χ2n) is 4.87. The van der Waals surface area contributed by atoms with Crippen LogP contribution in [0.15, 0.2) is 11.1 Å². The highest BCUT2D eigenvalue weighted by molar-refractivity contribution is 7.89. The van der Waals surface area contributed by atoms with Gasteiger partial charge in [0.2, 0.25) is 10.0 Å². The maximum Gasteiger partial charge on any atom is 0.246 e. The Morgan fingerprint density at radius 3 is 2.78 bits per heavy atom. The lowest BCUT2D eigenvalue weighted by atomic mass is 10.1. The Balaban J connectivity index is 2.22. The first-order valence-electron chi connectivity index (χ1n) is 6.29. The zero-order chi connectivity index (χ0) is 13.3. The summed E-state index contributed by atoms with van der Waals surface area (Å²) in [4.78, 5) is 0.0865. The summed E-state index contributed by atoms with van der Waals surface area (Å²) < 4.78 is 28.7. The van der Waals surface area contributed by atoms with Gasteiger partial charge in [-0.2, -0.15) is 5.10 Å². The van der Waals surface area contributed by atoms with E-state index >= 15 is 0 Å². The Kier molecular flexibility index (Phi) is 3.63. The normalized spacial score (nSPS) is 24.6. The van der Waals surface area contributed by atoms with Crippen molar-refractivity contribution in [2.24, 2.45) is 5.92 Å². The van der Waals surface area contributed by atoms with Gasteiger partial charge in [0, 0.05) is 18.8 Å². The number of anilines is 1. The van der Waals surface area contributed by atoms with Gasteiger partial charge in [0.05, 0.1) is 0 Å². The molecule has 0 bridgehead atoms. The predicted molar refractivity (Wildman–Crippen MR) is 69.4 cm³/mol. The molecule has 102 valence electrons.